The lowest BCUT2D eigenvalue weighted by atomic mass is 9.87. The second-order valence-corrected chi connectivity index (χ2v) is 9.78. The van der Waals surface area contributed by atoms with Gasteiger partial charge in [0.15, 0.2) is 0 Å². The van der Waals surface area contributed by atoms with Crippen molar-refractivity contribution in [3.63, 3.8) is 0 Å². The van der Waals surface area contributed by atoms with E-state index in [9.17, 15) is 27.9 Å². The molecule has 0 bridgehead atoms. The topological polar surface area (TPSA) is 90.9 Å². The fourth-order valence-electron chi connectivity index (χ4n) is 4.64. The van der Waals surface area contributed by atoms with Crippen molar-refractivity contribution >= 4 is 29.1 Å². The molecule has 0 unspecified atom stereocenters. The second-order valence-electron chi connectivity index (χ2n) is 9.37. The summed E-state index contributed by atoms with van der Waals surface area (Å²) < 4.78 is 47.0. The Morgan fingerprint density at radius 1 is 1.13 bits per heavy atom. The van der Waals surface area contributed by atoms with E-state index in [1.807, 2.05) is 0 Å². The van der Waals surface area contributed by atoms with E-state index in [2.05, 4.69) is 10.6 Å². The number of aliphatic hydroxyl groups is 1. The lowest BCUT2D eigenvalue weighted by Gasteiger charge is -2.38. The first-order valence-electron chi connectivity index (χ1n) is 12.5. The minimum absolute atomic E-state index is 0.121. The van der Waals surface area contributed by atoms with Gasteiger partial charge in [-0.2, -0.15) is 13.2 Å². The molecule has 38 heavy (non-hydrogen) atoms. The average Bonchev–Trinajstić information content (AvgIpc) is 2.91. The van der Waals surface area contributed by atoms with Crippen LogP contribution < -0.4 is 15.4 Å². The van der Waals surface area contributed by atoms with Gasteiger partial charge in [0, 0.05) is 37.9 Å². The van der Waals surface area contributed by atoms with Crippen LogP contribution in [-0.2, 0) is 10.4 Å². The number of anilines is 1. The van der Waals surface area contributed by atoms with Crippen molar-refractivity contribution < 1.29 is 32.6 Å². The number of hydrogen-bond donors (Lipinski definition) is 3. The summed E-state index contributed by atoms with van der Waals surface area (Å²) in [4.78, 5) is 25.8. The number of carbonyl (C=O) groups excluding carboxylic acids is 2. The molecule has 2 amide bonds. The molecular formula is C27H33ClF3N3O4. The normalized spacial score (nSPS) is 16.0. The summed E-state index contributed by atoms with van der Waals surface area (Å²) in [6, 6.07) is 10.0. The zero-order chi connectivity index (χ0) is 27.9. The Kier molecular flexibility index (Phi) is 9.89. The summed E-state index contributed by atoms with van der Waals surface area (Å²) in [6.07, 6.45) is -1.38. The number of unbranched alkanes of at least 4 members (excludes halogenated alkanes) is 1. The van der Waals surface area contributed by atoms with Crippen LogP contribution in [0.3, 0.4) is 0 Å². The van der Waals surface area contributed by atoms with Crippen molar-refractivity contribution in [3.05, 3.63) is 58.6 Å². The van der Waals surface area contributed by atoms with Gasteiger partial charge < -0.3 is 25.4 Å². The van der Waals surface area contributed by atoms with Crippen LogP contribution in [0.25, 0.3) is 0 Å². The summed E-state index contributed by atoms with van der Waals surface area (Å²) >= 11 is 6.17. The van der Waals surface area contributed by atoms with Crippen molar-refractivity contribution in [2.45, 2.75) is 43.9 Å². The monoisotopic (exact) mass is 555 g/mol. The number of alkyl halides is 3. The van der Waals surface area contributed by atoms with E-state index in [0.717, 1.165) is 42.0 Å². The first-order valence-corrected chi connectivity index (χ1v) is 12.9. The molecule has 3 N–H and O–H groups in total. The number of nitrogens with zero attached hydrogens (tertiary/aromatic N) is 1. The molecule has 1 atom stereocenters. The molecule has 2 aromatic carbocycles. The molecule has 0 spiro atoms. The molecule has 208 valence electrons. The Bertz CT molecular complexity index is 1120. The van der Waals surface area contributed by atoms with E-state index in [1.54, 1.807) is 18.2 Å². The number of methoxy groups -OCH3 is 1. The standard InChI is InChI=1S/C27H33ClF3N3O4/c1-32-24(35)22-10-9-20(17-23(22)28)33-13-4-3-6-18-11-14-34(15-12-18)25(36)26(37,27(29,30)31)19-7-5-8-21(16-19)38-2/h5,7-10,16-18,33,37H,3-4,6,11-15H2,1-2H3,(H,32,35)/t26-/m0/s1. The van der Waals surface area contributed by atoms with E-state index in [4.69, 9.17) is 16.3 Å². The van der Waals surface area contributed by atoms with Crippen LogP contribution in [0.15, 0.2) is 42.5 Å². The van der Waals surface area contributed by atoms with Gasteiger partial charge in [0.2, 0.25) is 0 Å². The molecule has 1 heterocycles. The first kappa shape index (κ1) is 29.6. The van der Waals surface area contributed by atoms with Crippen molar-refractivity contribution in [2.24, 2.45) is 5.92 Å². The fourth-order valence-corrected chi connectivity index (χ4v) is 4.91. The highest BCUT2D eigenvalue weighted by atomic mass is 35.5. The smallest absolute Gasteiger partial charge is 0.430 e. The average molecular weight is 556 g/mol. The number of benzene rings is 2. The molecule has 0 aliphatic carbocycles. The maximum absolute atomic E-state index is 14.0. The van der Waals surface area contributed by atoms with Gasteiger partial charge in [-0.15, -0.1) is 0 Å². The van der Waals surface area contributed by atoms with Crippen LogP contribution in [0.1, 0.15) is 48.0 Å². The highest BCUT2D eigenvalue weighted by molar-refractivity contribution is 6.34. The zero-order valence-electron chi connectivity index (χ0n) is 21.4. The minimum Gasteiger partial charge on any atom is -0.497 e. The Morgan fingerprint density at radius 3 is 2.45 bits per heavy atom. The quantitative estimate of drug-likeness (QED) is 0.360. The highest BCUT2D eigenvalue weighted by Crippen LogP contribution is 2.42. The summed E-state index contributed by atoms with van der Waals surface area (Å²) in [5.74, 6) is -1.20. The van der Waals surface area contributed by atoms with Gasteiger partial charge in [-0.1, -0.05) is 36.6 Å². The summed E-state index contributed by atoms with van der Waals surface area (Å²) in [6.45, 7) is 1.01. The van der Waals surface area contributed by atoms with Crippen molar-refractivity contribution in [1.29, 1.82) is 0 Å². The summed E-state index contributed by atoms with van der Waals surface area (Å²) in [7, 11) is 2.84. The lowest BCUT2D eigenvalue weighted by molar-refractivity contribution is -0.262. The molecule has 0 radical (unpaired) electrons. The van der Waals surface area contributed by atoms with E-state index >= 15 is 0 Å². The van der Waals surface area contributed by atoms with Crippen LogP contribution in [0, 0.1) is 5.92 Å². The second kappa shape index (κ2) is 12.7. The van der Waals surface area contributed by atoms with Gasteiger partial charge in [-0.05, 0) is 55.5 Å². The van der Waals surface area contributed by atoms with Crippen molar-refractivity contribution in [1.82, 2.24) is 10.2 Å². The number of amides is 2. The minimum atomic E-state index is -5.19. The van der Waals surface area contributed by atoms with Crippen LogP contribution in [-0.4, -0.2) is 61.8 Å². The molecule has 7 nitrogen and oxygen atoms in total. The number of piperidine rings is 1. The number of ether oxygens (including phenoxy) is 1. The molecule has 1 aliphatic heterocycles. The third kappa shape index (κ3) is 6.71. The largest absolute Gasteiger partial charge is 0.497 e. The Labute approximate surface area is 225 Å². The van der Waals surface area contributed by atoms with Crippen LogP contribution >= 0.6 is 11.6 Å². The van der Waals surface area contributed by atoms with Gasteiger partial charge in [-0.3, -0.25) is 9.59 Å². The van der Waals surface area contributed by atoms with Gasteiger partial charge in [0.25, 0.3) is 17.4 Å². The third-order valence-corrected chi connectivity index (χ3v) is 7.23. The highest BCUT2D eigenvalue weighted by Gasteiger charge is 2.62. The van der Waals surface area contributed by atoms with Crippen molar-refractivity contribution in [2.75, 3.05) is 39.1 Å². The maximum atomic E-state index is 14.0. The van der Waals surface area contributed by atoms with Crippen LogP contribution in [0.4, 0.5) is 18.9 Å². The van der Waals surface area contributed by atoms with E-state index in [0.29, 0.717) is 30.0 Å². The molecule has 1 fully saturated rings. The predicted octanol–water partition coefficient (Wildman–Crippen LogP) is 4.98. The SMILES string of the molecule is CNC(=O)c1ccc(NCCCCC2CCN(C(=O)[C@@](O)(c3cccc(OC)c3)C(F)(F)F)CC2)cc1Cl. The van der Waals surface area contributed by atoms with E-state index < -0.39 is 23.2 Å². The third-order valence-electron chi connectivity index (χ3n) is 6.92. The zero-order valence-corrected chi connectivity index (χ0v) is 22.2. The van der Waals surface area contributed by atoms with Gasteiger partial charge in [0.05, 0.1) is 17.7 Å². The Hall–Kier alpha value is -2.98. The van der Waals surface area contributed by atoms with Gasteiger partial charge in [-0.25, -0.2) is 0 Å². The predicted molar refractivity (Wildman–Crippen MR) is 139 cm³/mol. The molecule has 0 saturated carbocycles. The number of rotatable bonds is 10. The van der Waals surface area contributed by atoms with Crippen LogP contribution in [0.5, 0.6) is 5.75 Å². The summed E-state index contributed by atoms with van der Waals surface area (Å²) in [5.41, 5.74) is -2.99. The van der Waals surface area contributed by atoms with Crippen molar-refractivity contribution in [3.8, 4) is 5.75 Å². The molecule has 1 aliphatic rings. The molecule has 0 aromatic heterocycles. The molecule has 2 aromatic rings. The van der Waals surface area contributed by atoms with Gasteiger partial charge in [0.1, 0.15) is 5.75 Å². The first-order chi connectivity index (χ1) is 18.0. The number of hydrogen-bond acceptors (Lipinski definition) is 5. The Morgan fingerprint density at radius 2 is 1.84 bits per heavy atom. The molecule has 3 rings (SSSR count). The lowest BCUT2D eigenvalue weighted by Crippen LogP contribution is -2.57. The molecule has 11 heteroatoms. The summed E-state index contributed by atoms with van der Waals surface area (Å²) in [5, 5.41) is 16.9. The number of likely N-dealkylation sites (tertiary alicyclic amines) is 1. The maximum Gasteiger partial charge on any atom is 0.430 e. The van der Waals surface area contributed by atoms with Gasteiger partial charge >= 0.3 is 6.18 Å². The van der Waals surface area contributed by atoms with Crippen LogP contribution in [0.2, 0.25) is 5.02 Å². The number of halogens is 4. The molecule has 1 saturated heterocycles. The number of nitrogens with one attached hydrogen (secondary N) is 2. The number of carbonyl (C=O) groups is 2. The van der Waals surface area contributed by atoms with E-state index in [-0.39, 0.29) is 30.7 Å². The molecular weight excluding hydrogens is 523 g/mol. The van der Waals surface area contributed by atoms with E-state index in [1.165, 1.54) is 26.3 Å². The fraction of sp³-hybridized carbons (Fsp3) is 0.481. The Balaban J connectivity index is 1.48.